The van der Waals surface area contributed by atoms with Crippen molar-refractivity contribution in [3.63, 3.8) is 0 Å². The highest BCUT2D eigenvalue weighted by Gasteiger charge is 2.22. The summed E-state index contributed by atoms with van der Waals surface area (Å²) in [5, 5.41) is 0. The summed E-state index contributed by atoms with van der Waals surface area (Å²) in [7, 11) is -4.73. The van der Waals surface area contributed by atoms with Gasteiger partial charge in [-0.15, -0.1) is 0 Å². The van der Waals surface area contributed by atoms with E-state index < -0.39 is 32.5 Å². The Morgan fingerprint density at radius 2 is 0.900 bits per heavy atom. The number of esters is 2. The zero-order valence-corrected chi connectivity index (χ0v) is 26.6. The third-order valence-corrected chi connectivity index (χ3v) is 7.61. The number of hydrogen-bond donors (Lipinski definition) is 2. The van der Waals surface area contributed by atoms with Crippen LogP contribution in [0.5, 0.6) is 0 Å². The molecule has 2 N–H and O–H groups in total. The molecule has 9 heteroatoms. The van der Waals surface area contributed by atoms with E-state index in [1.165, 1.54) is 96.3 Å². The van der Waals surface area contributed by atoms with Crippen LogP contribution in [0.4, 0.5) is 0 Å². The fraction of sp³-hybridized carbons (Fsp3) is 0.935. The lowest BCUT2D eigenvalue weighted by Crippen LogP contribution is -2.29. The van der Waals surface area contributed by atoms with Crippen LogP contribution in [0.25, 0.3) is 0 Å². The first-order chi connectivity index (χ1) is 19.3. The van der Waals surface area contributed by atoms with Crippen LogP contribution in [0.15, 0.2) is 0 Å². The van der Waals surface area contributed by atoms with E-state index >= 15 is 0 Å². The van der Waals surface area contributed by atoms with E-state index in [9.17, 15) is 14.2 Å². The highest BCUT2D eigenvalue weighted by Crippen LogP contribution is 2.35. The smallest absolute Gasteiger partial charge is 0.462 e. The molecule has 0 aromatic heterocycles. The molecule has 0 aromatic rings. The first kappa shape index (κ1) is 39.0. The van der Waals surface area contributed by atoms with Gasteiger partial charge in [0.05, 0.1) is 6.61 Å². The minimum atomic E-state index is -4.73. The summed E-state index contributed by atoms with van der Waals surface area (Å²) in [5.41, 5.74) is 0. The predicted octanol–water partition coefficient (Wildman–Crippen LogP) is 8.95. The lowest BCUT2D eigenvalue weighted by molar-refractivity contribution is -0.161. The van der Waals surface area contributed by atoms with Crippen LogP contribution in [0.3, 0.4) is 0 Å². The lowest BCUT2D eigenvalue weighted by Gasteiger charge is -2.18. The van der Waals surface area contributed by atoms with E-state index in [-0.39, 0.29) is 19.4 Å². The van der Waals surface area contributed by atoms with Crippen molar-refractivity contribution in [3.8, 4) is 0 Å². The average molecular weight is 593 g/mol. The summed E-state index contributed by atoms with van der Waals surface area (Å²) in [6, 6.07) is 0. The van der Waals surface area contributed by atoms with Crippen LogP contribution in [0.1, 0.15) is 168 Å². The van der Waals surface area contributed by atoms with Crippen molar-refractivity contribution >= 4 is 19.8 Å². The molecule has 0 aliphatic rings. The highest BCUT2D eigenvalue weighted by atomic mass is 31.2. The molecule has 238 valence electrons. The zero-order chi connectivity index (χ0) is 29.7. The van der Waals surface area contributed by atoms with Gasteiger partial charge in [-0.2, -0.15) is 0 Å². The van der Waals surface area contributed by atoms with Crippen LogP contribution in [0.2, 0.25) is 0 Å². The Hall–Kier alpha value is -0.950. The molecule has 0 spiro atoms. The van der Waals surface area contributed by atoms with Crippen molar-refractivity contribution in [2.45, 2.75) is 174 Å². The van der Waals surface area contributed by atoms with E-state index in [0.717, 1.165) is 38.5 Å². The van der Waals surface area contributed by atoms with Crippen molar-refractivity contribution < 1.29 is 37.9 Å². The molecule has 0 aromatic carbocycles. The largest absolute Gasteiger partial charge is 0.469 e. The molecule has 0 aliphatic heterocycles. The summed E-state index contributed by atoms with van der Waals surface area (Å²) >= 11 is 0. The number of carbonyl (C=O) groups is 2. The van der Waals surface area contributed by atoms with E-state index in [1.807, 2.05) is 0 Å². The van der Waals surface area contributed by atoms with Gasteiger partial charge >= 0.3 is 19.8 Å². The Balaban J connectivity index is 4.01. The number of ether oxygens (including phenoxy) is 2. The van der Waals surface area contributed by atoms with Gasteiger partial charge in [-0.25, -0.2) is 4.57 Å². The number of phosphoric ester groups is 1. The van der Waals surface area contributed by atoms with Gasteiger partial charge in [0.2, 0.25) is 0 Å². The summed E-state index contributed by atoms with van der Waals surface area (Å²) in [6.07, 6.45) is 25.4. The van der Waals surface area contributed by atoms with E-state index in [0.29, 0.717) is 6.42 Å². The van der Waals surface area contributed by atoms with Gasteiger partial charge in [0.1, 0.15) is 6.61 Å². The molecule has 0 saturated heterocycles. The van der Waals surface area contributed by atoms with Gasteiger partial charge in [-0.1, -0.05) is 142 Å². The molecule has 0 radical (unpaired) electrons. The number of hydrogen-bond acceptors (Lipinski definition) is 6. The molecule has 1 atom stereocenters. The number of carbonyl (C=O) groups excluding carboxylic acids is 2. The second-order valence-electron chi connectivity index (χ2n) is 11.2. The van der Waals surface area contributed by atoms with E-state index in [2.05, 4.69) is 18.4 Å². The van der Waals surface area contributed by atoms with Gasteiger partial charge in [0.15, 0.2) is 6.10 Å². The topological polar surface area (TPSA) is 119 Å². The maximum Gasteiger partial charge on any atom is 0.469 e. The van der Waals surface area contributed by atoms with Crippen LogP contribution in [0, 0.1) is 0 Å². The summed E-state index contributed by atoms with van der Waals surface area (Å²) in [4.78, 5) is 42.4. The molecule has 0 heterocycles. The normalized spacial score (nSPS) is 12.4. The molecule has 0 rings (SSSR count). The maximum atomic E-state index is 12.3. The van der Waals surface area contributed by atoms with Crippen molar-refractivity contribution in [2.24, 2.45) is 0 Å². The Labute approximate surface area is 244 Å². The van der Waals surface area contributed by atoms with Crippen molar-refractivity contribution in [1.29, 1.82) is 0 Å². The van der Waals surface area contributed by atoms with Gasteiger partial charge in [0, 0.05) is 12.8 Å². The van der Waals surface area contributed by atoms with Gasteiger partial charge < -0.3 is 19.3 Å². The first-order valence-electron chi connectivity index (χ1n) is 16.3. The van der Waals surface area contributed by atoms with Crippen LogP contribution in [-0.4, -0.2) is 41.0 Å². The van der Waals surface area contributed by atoms with Crippen LogP contribution in [-0.2, 0) is 28.2 Å². The summed E-state index contributed by atoms with van der Waals surface area (Å²) in [5.74, 6) is -0.880. The van der Waals surface area contributed by atoms with Gasteiger partial charge in [-0.3, -0.25) is 14.1 Å². The third kappa shape index (κ3) is 30.0. The minimum Gasteiger partial charge on any atom is -0.462 e. The summed E-state index contributed by atoms with van der Waals surface area (Å²) in [6.45, 7) is 3.65. The molecular weight excluding hydrogens is 531 g/mol. The molecular formula is C31H61O8P. The first-order valence-corrected chi connectivity index (χ1v) is 17.9. The Morgan fingerprint density at radius 3 is 1.27 bits per heavy atom. The molecule has 0 saturated carbocycles. The number of rotatable bonds is 30. The second-order valence-corrected chi connectivity index (χ2v) is 12.4. The highest BCUT2D eigenvalue weighted by molar-refractivity contribution is 7.46. The SMILES string of the molecule is CCCCCCCCCCCCCCC(=O)OC(COC(=O)CCCCCCCCCCCC)COP(=O)(O)O. The standard InChI is InChI=1S/C31H61O8P/c1-3-5-7-9-11-13-15-16-18-20-22-24-26-31(33)39-29(28-38-40(34,35)36)27-37-30(32)25-23-21-19-17-14-12-10-8-6-4-2/h29H,3-28H2,1-2H3,(H2,34,35,36). The molecule has 1 unspecified atom stereocenters. The number of phosphoric acid groups is 1. The predicted molar refractivity (Wildman–Crippen MR) is 161 cm³/mol. The minimum absolute atomic E-state index is 0.219. The zero-order valence-electron chi connectivity index (χ0n) is 25.8. The Bertz CT molecular complexity index is 637. The van der Waals surface area contributed by atoms with Crippen molar-refractivity contribution in [1.82, 2.24) is 0 Å². The molecule has 8 nitrogen and oxygen atoms in total. The fourth-order valence-corrected chi connectivity index (χ4v) is 5.03. The lowest BCUT2D eigenvalue weighted by atomic mass is 10.0. The quantitative estimate of drug-likeness (QED) is 0.0482. The Morgan fingerprint density at radius 1 is 0.550 bits per heavy atom. The maximum absolute atomic E-state index is 12.3. The fourth-order valence-electron chi connectivity index (χ4n) is 4.67. The van der Waals surface area contributed by atoms with Crippen LogP contribution >= 0.6 is 7.82 Å². The molecule has 0 aliphatic carbocycles. The van der Waals surface area contributed by atoms with Crippen LogP contribution < -0.4 is 0 Å². The van der Waals surface area contributed by atoms with Gasteiger partial charge in [-0.05, 0) is 12.8 Å². The molecule has 0 fully saturated rings. The Kier molecular flexibility index (Phi) is 27.5. The van der Waals surface area contributed by atoms with E-state index in [4.69, 9.17) is 19.3 Å². The average Bonchev–Trinajstić information content (AvgIpc) is 2.91. The summed E-state index contributed by atoms with van der Waals surface area (Å²) < 4.78 is 26.1. The second kappa shape index (κ2) is 28.2. The number of unbranched alkanes of at least 4 members (excludes halogenated alkanes) is 20. The van der Waals surface area contributed by atoms with E-state index in [1.54, 1.807) is 0 Å². The van der Waals surface area contributed by atoms with Gasteiger partial charge in [0.25, 0.3) is 0 Å². The monoisotopic (exact) mass is 592 g/mol. The van der Waals surface area contributed by atoms with Crippen molar-refractivity contribution in [3.05, 3.63) is 0 Å². The molecule has 40 heavy (non-hydrogen) atoms. The molecule has 0 amide bonds. The van der Waals surface area contributed by atoms with Crippen molar-refractivity contribution in [2.75, 3.05) is 13.2 Å². The third-order valence-electron chi connectivity index (χ3n) is 7.13. The molecule has 0 bridgehead atoms.